The minimum Gasteiger partial charge on any atom is -0.459 e. The van der Waals surface area contributed by atoms with Gasteiger partial charge in [0.1, 0.15) is 0 Å². The van der Waals surface area contributed by atoms with Crippen molar-refractivity contribution in [3.63, 3.8) is 0 Å². The molecule has 2 nitrogen and oxygen atoms in total. The summed E-state index contributed by atoms with van der Waals surface area (Å²) in [6.07, 6.45) is 0.885. The van der Waals surface area contributed by atoms with Crippen LogP contribution in [0.1, 0.15) is 37.6 Å². The Balaban J connectivity index is 2.49. The number of rotatable bonds is 4. The smallest absolute Gasteiger partial charge is 0.338 e. The zero-order valence-corrected chi connectivity index (χ0v) is 9.57. The second kappa shape index (κ2) is 5.54. The Bertz CT molecular complexity index is 304. The van der Waals surface area contributed by atoms with Gasteiger partial charge in [-0.05, 0) is 31.4 Å². The molecule has 82 valence electrons. The summed E-state index contributed by atoms with van der Waals surface area (Å²) < 4.78 is 5.31. The van der Waals surface area contributed by atoms with Gasteiger partial charge >= 0.3 is 5.97 Å². The van der Waals surface area contributed by atoms with Gasteiger partial charge in [-0.3, -0.25) is 0 Å². The highest BCUT2D eigenvalue weighted by molar-refractivity contribution is 5.89. The first-order chi connectivity index (χ1) is 7.09. The monoisotopic (exact) mass is 206 g/mol. The highest BCUT2D eigenvalue weighted by Crippen LogP contribution is 2.10. The van der Waals surface area contributed by atoms with Crippen LogP contribution >= 0.6 is 0 Å². The number of carbonyl (C=O) groups excluding carboxylic acids is 1. The van der Waals surface area contributed by atoms with E-state index >= 15 is 0 Å². The molecule has 0 aromatic heterocycles. The van der Waals surface area contributed by atoms with E-state index in [2.05, 4.69) is 13.8 Å². The number of carbonyl (C=O) groups is 1. The molecule has 15 heavy (non-hydrogen) atoms. The molecule has 0 bridgehead atoms. The molecule has 0 saturated heterocycles. The van der Waals surface area contributed by atoms with E-state index in [-0.39, 0.29) is 12.1 Å². The Morgan fingerprint density at radius 2 is 1.80 bits per heavy atom. The molecule has 0 aliphatic rings. The number of ether oxygens (including phenoxy) is 1. The predicted octanol–water partition coefficient (Wildman–Crippen LogP) is 3.28. The SMILES string of the molecule is CC(C)CC(C)OC(=O)c1ccccc1. The molecule has 0 radical (unpaired) electrons. The van der Waals surface area contributed by atoms with Crippen molar-refractivity contribution in [2.75, 3.05) is 0 Å². The van der Waals surface area contributed by atoms with Gasteiger partial charge in [-0.25, -0.2) is 4.79 Å². The average Bonchev–Trinajstić information content (AvgIpc) is 2.17. The van der Waals surface area contributed by atoms with E-state index in [1.165, 1.54) is 0 Å². The molecule has 1 aromatic rings. The second-order valence-electron chi connectivity index (χ2n) is 4.21. The van der Waals surface area contributed by atoms with E-state index in [0.29, 0.717) is 11.5 Å². The molecule has 0 saturated carbocycles. The number of benzene rings is 1. The van der Waals surface area contributed by atoms with Gasteiger partial charge in [0, 0.05) is 0 Å². The molecule has 0 heterocycles. The summed E-state index contributed by atoms with van der Waals surface area (Å²) in [6, 6.07) is 9.09. The lowest BCUT2D eigenvalue weighted by atomic mass is 10.1. The van der Waals surface area contributed by atoms with Gasteiger partial charge in [0.25, 0.3) is 0 Å². The largest absolute Gasteiger partial charge is 0.459 e. The van der Waals surface area contributed by atoms with Crippen LogP contribution in [-0.4, -0.2) is 12.1 Å². The lowest BCUT2D eigenvalue weighted by molar-refractivity contribution is 0.0299. The normalized spacial score (nSPS) is 12.5. The maximum Gasteiger partial charge on any atom is 0.338 e. The zero-order valence-electron chi connectivity index (χ0n) is 9.57. The fourth-order valence-electron chi connectivity index (χ4n) is 1.54. The van der Waals surface area contributed by atoms with Crippen molar-refractivity contribution >= 4 is 5.97 Å². The van der Waals surface area contributed by atoms with Crippen molar-refractivity contribution in [2.45, 2.75) is 33.3 Å². The van der Waals surface area contributed by atoms with Gasteiger partial charge in [-0.15, -0.1) is 0 Å². The van der Waals surface area contributed by atoms with Crippen LogP contribution < -0.4 is 0 Å². The fourth-order valence-corrected chi connectivity index (χ4v) is 1.54. The van der Waals surface area contributed by atoms with E-state index < -0.39 is 0 Å². The van der Waals surface area contributed by atoms with E-state index in [1.807, 2.05) is 25.1 Å². The van der Waals surface area contributed by atoms with Gasteiger partial charge in [0.2, 0.25) is 0 Å². The standard InChI is InChI=1S/C13H18O2/c1-10(2)9-11(3)15-13(14)12-7-5-4-6-8-12/h4-8,10-11H,9H2,1-3H3. The second-order valence-corrected chi connectivity index (χ2v) is 4.21. The van der Waals surface area contributed by atoms with Crippen LogP contribution in [0.25, 0.3) is 0 Å². The average molecular weight is 206 g/mol. The molecule has 1 unspecified atom stereocenters. The highest BCUT2D eigenvalue weighted by atomic mass is 16.5. The highest BCUT2D eigenvalue weighted by Gasteiger charge is 2.12. The van der Waals surface area contributed by atoms with E-state index in [1.54, 1.807) is 12.1 Å². The fraction of sp³-hybridized carbons (Fsp3) is 0.462. The van der Waals surface area contributed by atoms with Gasteiger partial charge in [0.05, 0.1) is 11.7 Å². The van der Waals surface area contributed by atoms with Gasteiger partial charge in [0.15, 0.2) is 0 Å². The molecule has 0 fully saturated rings. The molecule has 0 spiro atoms. The summed E-state index contributed by atoms with van der Waals surface area (Å²) in [6.45, 7) is 6.17. The van der Waals surface area contributed by atoms with Crippen molar-refractivity contribution in [1.29, 1.82) is 0 Å². The number of hydrogen-bond acceptors (Lipinski definition) is 2. The third-order valence-electron chi connectivity index (χ3n) is 2.12. The summed E-state index contributed by atoms with van der Waals surface area (Å²) in [7, 11) is 0. The summed E-state index contributed by atoms with van der Waals surface area (Å²) in [4.78, 5) is 11.6. The first-order valence-electron chi connectivity index (χ1n) is 5.35. The third-order valence-corrected chi connectivity index (χ3v) is 2.12. The predicted molar refractivity (Wildman–Crippen MR) is 60.8 cm³/mol. The molecule has 0 N–H and O–H groups in total. The first-order valence-corrected chi connectivity index (χ1v) is 5.35. The molecule has 2 heteroatoms. The minimum absolute atomic E-state index is 0.0160. The molecular formula is C13H18O2. The van der Waals surface area contributed by atoms with Crippen molar-refractivity contribution in [1.82, 2.24) is 0 Å². The van der Waals surface area contributed by atoms with Crippen LogP contribution in [0.2, 0.25) is 0 Å². The Kier molecular flexibility index (Phi) is 4.35. The lowest BCUT2D eigenvalue weighted by Gasteiger charge is -2.14. The van der Waals surface area contributed by atoms with Gasteiger partial charge in [-0.1, -0.05) is 32.0 Å². The van der Waals surface area contributed by atoms with E-state index in [0.717, 1.165) is 6.42 Å². The number of esters is 1. The van der Waals surface area contributed by atoms with Crippen LogP contribution in [0.4, 0.5) is 0 Å². The molecule has 0 amide bonds. The maximum absolute atomic E-state index is 11.6. The van der Waals surface area contributed by atoms with Crippen LogP contribution in [0, 0.1) is 5.92 Å². The van der Waals surface area contributed by atoms with Crippen LogP contribution in [-0.2, 0) is 4.74 Å². The van der Waals surface area contributed by atoms with E-state index in [9.17, 15) is 4.79 Å². The summed E-state index contributed by atoms with van der Waals surface area (Å²) in [5.74, 6) is 0.312. The summed E-state index contributed by atoms with van der Waals surface area (Å²) in [5.41, 5.74) is 0.619. The Labute approximate surface area is 91.3 Å². The topological polar surface area (TPSA) is 26.3 Å². The van der Waals surface area contributed by atoms with Crippen LogP contribution in [0.3, 0.4) is 0 Å². The quantitative estimate of drug-likeness (QED) is 0.707. The van der Waals surface area contributed by atoms with Crippen LogP contribution in [0.15, 0.2) is 30.3 Å². The Morgan fingerprint density at radius 3 is 2.33 bits per heavy atom. The Hall–Kier alpha value is -1.31. The lowest BCUT2D eigenvalue weighted by Crippen LogP contribution is -2.16. The van der Waals surface area contributed by atoms with Gasteiger partial charge < -0.3 is 4.74 Å². The molecule has 0 aliphatic heterocycles. The molecule has 0 aliphatic carbocycles. The molecule has 1 aromatic carbocycles. The van der Waals surface area contributed by atoms with Crippen molar-refractivity contribution < 1.29 is 9.53 Å². The maximum atomic E-state index is 11.6. The van der Waals surface area contributed by atoms with E-state index in [4.69, 9.17) is 4.74 Å². The zero-order chi connectivity index (χ0) is 11.3. The van der Waals surface area contributed by atoms with Gasteiger partial charge in [-0.2, -0.15) is 0 Å². The Morgan fingerprint density at radius 1 is 1.20 bits per heavy atom. The first kappa shape index (κ1) is 11.8. The van der Waals surface area contributed by atoms with Crippen molar-refractivity contribution in [2.24, 2.45) is 5.92 Å². The minimum atomic E-state index is -0.233. The van der Waals surface area contributed by atoms with Crippen molar-refractivity contribution in [3.8, 4) is 0 Å². The molecule has 1 atom stereocenters. The number of hydrogen-bond donors (Lipinski definition) is 0. The molecular weight excluding hydrogens is 188 g/mol. The third kappa shape index (κ3) is 4.15. The van der Waals surface area contributed by atoms with Crippen molar-refractivity contribution in [3.05, 3.63) is 35.9 Å². The molecule has 1 rings (SSSR count). The van der Waals surface area contributed by atoms with Crippen LogP contribution in [0.5, 0.6) is 0 Å². The summed E-state index contributed by atoms with van der Waals surface area (Å²) in [5, 5.41) is 0. The summed E-state index contributed by atoms with van der Waals surface area (Å²) >= 11 is 0.